The molecular weight excluding hydrogens is 448 g/mol. The molecule has 4 rings (SSSR count). The molecule has 0 spiro atoms. The van der Waals surface area contributed by atoms with Crippen molar-refractivity contribution in [1.82, 2.24) is 14.9 Å². The van der Waals surface area contributed by atoms with E-state index < -0.39 is 0 Å². The number of ether oxygens (including phenoxy) is 5. The highest BCUT2D eigenvalue weighted by Gasteiger charge is 2.20. The molecule has 0 radical (unpaired) electrons. The second-order valence-corrected chi connectivity index (χ2v) is 8.03. The molecule has 10 heteroatoms. The zero-order chi connectivity index (χ0) is 23.4. The Morgan fingerprint density at radius 3 is 2.55 bits per heavy atom. The number of fused-ring (bicyclic) bond motifs is 1. The van der Waals surface area contributed by atoms with Crippen LogP contribution in [-0.2, 0) is 4.74 Å². The minimum atomic E-state index is -0.000806. The number of morpholine rings is 1. The number of rotatable bonds is 8. The smallest absolute Gasteiger partial charge is 0.163 e. The van der Waals surface area contributed by atoms with E-state index in [0.717, 1.165) is 18.5 Å². The fourth-order valence-corrected chi connectivity index (χ4v) is 3.90. The van der Waals surface area contributed by atoms with Gasteiger partial charge in [0, 0.05) is 36.7 Å². The number of methoxy groups -OCH3 is 3. The van der Waals surface area contributed by atoms with Gasteiger partial charge in [-0.25, -0.2) is 9.97 Å². The lowest BCUT2D eigenvalue weighted by molar-refractivity contribution is -0.0406. The van der Waals surface area contributed by atoms with Crippen molar-refractivity contribution < 1.29 is 23.7 Å². The van der Waals surface area contributed by atoms with Crippen LogP contribution in [-0.4, -0.2) is 75.7 Å². The van der Waals surface area contributed by atoms with E-state index in [1.165, 1.54) is 6.33 Å². The third-order valence-electron chi connectivity index (χ3n) is 5.41. The Morgan fingerprint density at radius 1 is 1.03 bits per heavy atom. The van der Waals surface area contributed by atoms with Crippen molar-refractivity contribution in [3.63, 3.8) is 0 Å². The van der Waals surface area contributed by atoms with Crippen LogP contribution in [0.15, 0.2) is 30.6 Å². The summed E-state index contributed by atoms with van der Waals surface area (Å²) in [6, 6.07) is 7.13. The second kappa shape index (κ2) is 10.3. The van der Waals surface area contributed by atoms with Gasteiger partial charge in [-0.3, -0.25) is 0 Å². The molecule has 0 aliphatic carbocycles. The van der Waals surface area contributed by atoms with E-state index in [-0.39, 0.29) is 6.10 Å². The maximum absolute atomic E-state index is 6.23. The van der Waals surface area contributed by atoms with E-state index in [1.54, 1.807) is 33.5 Å². The van der Waals surface area contributed by atoms with Crippen LogP contribution in [0.5, 0.6) is 23.0 Å². The Hall–Kier alpha value is -3.01. The molecule has 176 valence electrons. The molecule has 33 heavy (non-hydrogen) atoms. The third-order valence-corrected chi connectivity index (χ3v) is 5.71. The second-order valence-electron chi connectivity index (χ2n) is 7.62. The van der Waals surface area contributed by atoms with E-state index in [9.17, 15) is 0 Å². The summed E-state index contributed by atoms with van der Waals surface area (Å²) in [7, 11) is 6.80. The molecule has 0 amide bonds. The molecule has 1 saturated heterocycles. The fourth-order valence-electron chi connectivity index (χ4n) is 3.67. The quantitative estimate of drug-likeness (QED) is 0.524. The van der Waals surface area contributed by atoms with Gasteiger partial charge in [0.2, 0.25) is 0 Å². The zero-order valence-corrected chi connectivity index (χ0v) is 19.8. The zero-order valence-electron chi connectivity index (χ0n) is 19.1. The maximum atomic E-state index is 6.23. The first-order valence-corrected chi connectivity index (χ1v) is 10.8. The van der Waals surface area contributed by atoms with Crippen molar-refractivity contribution in [3.05, 3.63) is 35.6 Å². The van der Waals surface area contributed by atoms with E-state index in [4.69, 9.17) is 35.3 Å². The number of halogens is 1. The molecular formula is C23H27ClN4O5. The Morgan fingerprint density at radius 2 is 1.82 bits per heavy atom. The van der Waals surface area contributed by atoms with Gasteiger partial charge in [0.25, 0.3) is 0 Å². The van der Waals surface area contributed by atoms with Gasteiger partial charge in [0.15, 0.2) is 11.5 Å². The SMILES string of the molecule is COc1cc(Nc2ncnc3cc(OCC4CN(C)CCO4)c(OC)cc23)c(OC)cc1Cl. The fraction of sp³-hybridized carbons (Fsp3) is 0.391. The highest BCUT2D eigenvalue weighted by Crippen LogP contribution is 2.39. The van der Waals surface area contributed by atoms with Gasteiger partial charge in [0.05, 0.1) is 44.2 Å². The largest absolute Gasteiger partial charge is 0.495 e. The van der Waals surface area contributed by atoms with E-state index in [2.05, 4.69) is 27.2 Å². The standard InChI is InChI=1S/C23H27ClN4O5/c1-28-5-6-32-14(11-28)12-33-22-9-17-15(7-21(22)31-4)23(26-13-25-17)27-18-10-19(29-2)16(24)8-20(18)30-3/h7-10,13-14H,5-6,11-12H2,1-4H3,(H,25,26,27). The summed E-state index contributed by atoms with van der Waals surface area (Å²) >= 11 is 6.23. The predicted molar refractivity (Wildman–Crippen MR) is 127 cm³/mol. The Kier molecular flexibility index (Phi) is 7.22. The highest BCUT2D eigenvalue weighted by atomic mass is 35.5. The summed E-state index contributed by atoms with van der Waals surface area (Å²) < 4.78 is 28.2. The van der Waals surface area contributed by atoms with Gasteiger partial charge >= 0.3 is 0 Å². The first-order valence-electron chi connectivity index (χ1n) is 10.5. The first kappa shape index (κ1) is 23.2. The summed E-state index contributed by atoms with van der Waals surface area (Å²) in [4.78, 5) is 11.1. The lowest BCUT2D eigenvalue weighted by Crippen LogP contribution is -2.42. The number of aromatic nitrogens is 2. The van der Waals surface area contributed by atoms with Crippen LogP contribution >= 0.6 is 11.6 Å². The summed E-state index contributed by atoms with van der Waals surface area (Å²) in [5.41, 5.74) is 1.35. The third kappa shape index (κ3) is 5.16. The van der Waals surface area contributed by atoms with Crippen LogP contribution in [0.2, 0.25) is 5.02 Å². The van der Waals surface area contributed by atoms with Crippen LogP contribution in [0, 0.1) is 0 Å². The minimum Gasteiger partial charge on any atom is -0.495 e. The highest BCUT2D eigenvalue weighted by molar-refractivity contribution is 6.32. The average Bonchev–Trinajstić information content (AvgIpc) is 2.83. The molecule has 0 bridgehead atoms. The lowest BCUT2D eigenvalue weighted by Gasteiger charge is -2.30. The molecule has 2 heterocycles. The maximum Gasteiger partial charge on any atom is 0.163 e. The molecule has 1 aliphatic heterocycles. The van der Waals surface area contributed by atoms with E-state index >= 15 is 0 Å². The Labute approximate surface area is 197 Å². The molecule has 1 atom stereocenters. The van der Waals surface area contributed by atoms with Crippen molar-refractivity contribution in [2.24, 2.45) is 0 Å². The molecule has 9 nitrogen and oxygen atoms in total. The average molecular weight is 475 g/mol. The topological polar surface area (TPSA) is 87.2 Å². The van der Waals surface area contributed by atoms with Gasteiger partial charge < -0.3 is 33.9 Å². The van der Waals surface area contributed by atoms with Crippen LogP contribution < -0.4 is 24.3 Å². The number of benzene rings is 2. The van der Waals surface area contributed by atoms with Crippen LogP contribution in [0.25, 0.3) is 10.9 Å². The number of nitrogens with one attached hydrogen (secondary N) is 1. The molecule has 1 aliphatic rings. The predicted octanol–water partition coefficient (Wildman–Crippen LogP) is 3.76. The Balaban J connectivity index is 1.63. The molecule has 1 fully saturated rings. The normalized spacial score (nSPS) is 16.5. The molecule has 1 aromatic heterocycles. The summed E-state index contributed by atoms with van der Waals surface area (Å²) in [5.74, 6) is 2.81. The Bertz CT molecular complexity index is 1130. The molecule has 1 N–H and O–H groups in total. The van der Waals surface area contributed by atoms with Crippen molar-refractivity contribution in [1.29, 1.82) is 0 Å². The number of likely N-dealkylation sites (N-methyl/N-ethyl adjacent to an activating group) is 1. The van der Waals surface area contributed by atoms with E-state index in [1.807, 2.05) is 12.1 Å². The summed E-state index contributed by atoms with van der Waals surface area (Å²) in [6.45, 7) is 2.86. The van der Waals surface area contributed by atoms with Gasteiger partial charge in [-0.05, 0) is 13.1 Å². The van der Waals surface area contributed by atoms with Crippen molar-refractivity contribution in [2.45, 2.75) is 6.10 Å². The molecule has 1 unspecified atom stereocenters. The monoisotopic (exact) mass is 474 g/mol. The number of hydrogen-bond acceptors (Lipinski definition) is 9. The first-order chi connectivity index (χ1) is 16.0. The summed E-state index contributed by atoms with van der Waals surface area (Å²) in [6.07, 6.45) is 1.49. The van der Waals surface area contributed by atoms with Gasteiger partial charge in [-0.2, -0.15) is 0 Å². The van der Waals surface area contributed by atoms with Gasteiger partial charge in [-0.1, -0.05) is 11.6 Å². The molecule has 2 aromatic carbocycles. The number of anilines is 2. The number of nitrogens with zero attached hydrogens (tertiary/aromatic N) is 3. The molecule has 3 aromatic rings. The van der Waals surface area contributed by atoms with Gasteiger partial charge in [-0.15, -0.1) is 0 Å². The van der Waals surface area contributed by atoms with Crippen molar-refractivity contribution >= 4 is 34.0 Å². The van der Waals surface area contributed by atoms with Crippen LogP contribution in [0.3, 0.4) is 0 Å². The van der Waals surface area contributed by atoms with Crippen LogP contribution in [0.4, 0.5) is 11.5 Å². The van der Waals surface area contributed by atoms with Crippen molar-refractivity contribution in [3.8, 4) is 23.0 Å². The summed E-state index contributed by atoms with van der Waals surface area (Å²) in [5, 5.41) is 4.50. The van der Waals surface area contributed by atoms with Gasteiger partial charge in [0.1, 0.15) is 36.4 Å². The van der Waals surface area contributed by atoms with Crippen molar-refractivity contribution in [2.75, 3.05) is 60.0 Å². The molecule has 0 saturated carbocycles. The number of hydrogen-bond donors (Lipinski definition) is 1. The lowest BCUT2D eigenvalue weighted by atomic mass is 10.2. The minimum absolute atomic E-state index is 0.000806. The van der Waals surface area contributed by atoms with E-state index in [0.29, 0.717) is 58.3 Å². The van der Waals surface area contributed by atoms with Crippen LogP contribution in [0.1, 0.15) is 0 Å².